The van der Waals surface area contributed by atoms with Gasteiger partial charge < -0.3 is 9.72 Å². The Balaban J connectivity index is 1.80. The van der Waals surface area contributed by atoms with Gasteiger partial charge in [0.15, 0.2) is 17.9 Å². The van der Waals surface area contributed by atoms with Crippen molar-refractivity contribution in [2.24, 2.45) is 0 Å². The number of benzene rings is 1. The number of nitrogens with zero attached hydrogens (tertiary/aromatic N) is 2. The number of carbonyl (C=O) groups is 1. The number of imidazole rings is 1. The zero-order valence-electron chi connectivity index (χ0n) is 10.5. The topological polar surface area (TPSA) is 108 Å². The molecule has 0 aliphatic heterocycles. The largest absolute Gasteiger partial charge is 0.458 e. The lowest BCUT2D eigenvalue weighted by Crippen LogP contribution is -2.20. The fourth-order valence-corrected chi connectivity index (χ4v) is 1.81. The van der Waals surface area contributed by atoms with E-state index in [1.165, 1.54) is 6.33 Å². The Bertz CT molecular complexity index is 754. The van der Waals surface area contributed by atoms with Crippen LogP contribution in [0.2, 0.25) is 0 Å². The number of aromatic nitrogens is 4. The average molecular weight is 270 g/mol. The van der Waals surface area contributed by atoms with E-state index in [-0.39, 0.29) is 18.3 Å². The van der Waals surface area contributed by atoms with Gasteiger partial charge >= 0.3 is 5.95 Å². The van der Waals surface area contributed by atoms with Crippen LogP contribution in [0.15, 0.2) is 36.7 Å². The third-order valence-corrected chi connectivity index (χ3v) is 2.76. The highest BCUT2D eigenvalue weighted by molar-refractivity contribution is 5.97. The molecular weight excluding hydrogens is 258 g/mol. The molecule has 20 heavy (non-hydrogen) atoms. The molecule has 0 aliphatic carbocycles. The number of anilines is 1. The first kappa shape index (κ1) is 12.1. The second kappa shape index (κ2) is 4.96. The molecular formula is C13H12N5O2+. The molecule has 7 nitrogen and oxygen atoms in total. The van der Waals surface area contributed by atoms with E-state index < -0.39 is 0 Å². The zero-order valence-corrected chi connectivity index (χ0v) is 10.5. The minimum absolute atomic E-state index is 0.0991. The van der Waals surface area contributed by atoms with Crippen molar-refractivity contribution in [2.75, 3.05) is 12.3 Å². The number of nitrogen functional groups attached to an aromatic ring is 1. The standard InChI is InChI=1S/C13H11N5O2/c14-13-17-11-10(15-7-16-11)12(18-13)20-6-9(19)8-4-2-1-3-5-8/h1-5,7H,6H2,(H3,14,15,16,17,18)/p+1. The number of aromatic amines is 2. The van der Waals surface area contributed by atoms with Crippen LogP contribution in [0.25, 0.3) is 11.2 Å². The molecule has 1 aromatic carbocycles. The summed E-state index contributed by atoms with van der Waals surface area (Å²) in [5, 5.41) is 0. The first-order valence-corrected chi connectivity index (χ1v) is 5.97. The molecule has 0 radical (unpaired) electrons. The molecule has 3 rings (SSSR count). The summed E-state index contributed by atoms with van der Waals surface area (Å²) in [7, 11) is 0. The predicted molar refractivity (Wildman–Crippen MR) is 71.1 cm³/mol. The van der Waals surface area contributed by atoms with Crippen molar-refractivity contribution in [1.82, 2.24) is 15.0 Å². The van der Waals surface area contributed by atoms with Gasteiger partial charge in [-0.05, 0) is 4.98 Å². The van der Waals surface area contributed by atoms with Gasteiger partial charge in [-0.1, -0.05) is 30.3 Å². The summed E-state index contributed by atoms with van der Waals surface area (Å²) in [6, 6.07) is 8.93. The fourth-order valence-electron chi connectivity index (χ4n) is 1.81. The summed E-state index contributed by atoms with van der Waals surface area (Å²) in [5.41, 5.74) is 7.21. The summed E-state index contributed by atoms with van der Waals surface area (Å²) in [6.07, 6.45) is 1.48. The molecule has 0 aliphatic rings. The summed E-state index contributed by atoms with van der Waals surface area (Å²) in [4.78, 5) is 25.6. The first-order chi connectivity index (χ1) is 9.74. The minimum Gasteiger partial charge on any atom is -0.458 e. The molecule has 0 saturated carbocycles. The first-order valence-electron chi connectivity index (χ1n) is 5.97. The highest BCUT2D eigenvalue weighted by atomic mass is 16.5. The molecule has 7 heteroatoms. The summed E-state index contributed by atoms with van der Waals surface area (Å²) in [6.45, 7) is -0.0991. The summed E-state index contributed by atoms with van der Waals surface area (Å²) in [5.74, 6) is 0.392. The van der Waals surface area contributed by atoms with Gasteiger partial charge in [0.05, 0.1) is 6.33 Å². The van der Waals surface area contributed by atoms with Crippen LogP contribution >= 0.6 is 0 Å². The zero-order chi connectivity index (χ0) is 13.9. The van der Waals surface area contributed by atoms with Crippen LogP contribution in [0, 0.1) is 0 Å². The Hall–Kier alpha value is -2.96. The van der Waals surface area contributed by atoms with Gasteiger partial charge in [-0.25, -0.2) is 9.97 Å². The third kappa shape index (κ3) is 2.28. The average Bonchev–Trinajstić information content (AvgIpc) is 2.93. The van der Waals surface area contributed by atoms with Crippen molar-refractivity contribution in [3.05, 3.63) is 42.2 Å². The van der Waals surface area contributed by atoms with Gasteiger partial charge in [0.1, 0.15) is 0 Å². The van der Waals surface area contributed by atoms with Crippen LogP contribution in [0.3, 0.4) is 0 Å². The Labute approximate surface area is 113 Å². The number of rotatable bonds is 4. The Morgan fingerprint density at radius 1 is 1.35 bits per heavy atom. The molecule has 0 bridgehead atoms. The molecule has 0 saturated heterocycles. The number of hydrogen-bond donors (Lipinski definition) is 2. The summed E-state index contributed by atoms with van der Waals surface area (Å²) < 4.78 is 5.48. The SMILES string of the molecule is Nc1nc2nc[nH]c2c(OCC(=O)c2ccccc2)[nH+]1. The highest BCUT2D eigenvalue weighted by Crippen LogP contribution is 2.16. The van der Waals surface area contributed by atoms with Gasteiger partial charge in [-0.2, -0.15) is 0 Å². The van der Waals surface area contributed by atoms with Gasteiger partial charge in [0, 0.05) is 5.56 Å². The van der Waals surface area contributed by atoms with E-state index >= 15 is 0 Å². The van der Waals surface area contributed by atoms with Crippen LogP contribution in [0.5, 0.6) is 5.88 Å². The van der Waals surface area contributed by atoms with E-state index in [0.717, 1.165) is 0 Å². The molecule has 4 N–H and O–H groups in total. The minimum atomic E-state index is -0.123. The maximum absolute atomic E-state index is 12.0. The normalized spacial score (nSPS) is 10.6. The predicted octanol–water partition coefficient (Wildman–Crippen LogP) is 0.616. The van der Waals surface area contributed by atoms with E-state index in [2.05, 4.69) is 19.9 Å². The van der Waals surface area contributed by atoms with Crippen molar-refractivity contribution in [3.8, 4) is 5.88 Å². The number of ether oxygens (including phenoxy) is 1. The molecule has 100 valence electrons. The molecule has 2 aromatic heterocycles. The molecule has 0 unspecified atom stereocenters. The van der Waals surface area contributed by atoms with Crippen LogP contribution in [0.4, 0.5) is 5.95 Å². The van der Waals surface area contributed by atoms with Crippen LogP contribution in [-0.4, -0.2) is 27.3 Å². The smallest absolute Gasteiger partial charge is 0.392 e. The highest BCUT2D eigenvalue weighted by Gasteiger charge is 2.16. The molecule has 0 amide bonds. The Morgan fingerprint density at radius 2 is 2.15 bits per heavy atom. The quantitative estimate of drug-likeness (QED) is 0.675. The van der Waals surface area contributed by atoms with Gasteiger partial charge in [0.25, 0.3) is 11.5 Å². The molecule has 0 fully saturated rings. The number of fused-ring (bicyclic) bond motifs is 1. The maximum atomic E-state index is 12.0. The Kier molecular flexibility index (Phi) is 3.00. The second-order valence-electron chi connectivity index (χ2n) is 4.13. The summed E-state index contributed by atoms with van der Waals surface area (Å²) >= 11 is 0. The van der Waals surface area contributed by atoms with Gasteiger partial charge in [-0.15, -0.1) is 0 Å². The van der Waals surface area contributed by atoms with Gasteiger partial charge in [-0.3, -0.25) is 10.5 Å². The van der Waals surface area contributed by atoms with E-state index in [1.807, 2.05) is 6.07 Å². The van der Waals surface area contributed by atoms with E-state index in [4.69, 9.17) is 10.5 Å². The third-order valence-electron chi connectivity index (χ3n) is 2.76. The molecule has 2 heterocycles. The van der Waals surface area contributed by atoms with Crippen LogP contribution in [0.1, 0.15) is 10.4 Å². The van der Waals surface area contributed by atoms with Gasteiger partial charge in [0.2, 0.25) is 0 Å². The fraction of sp³-hybridized carbons (Fsp3) is 0.0769. The second-order valence-corrected chi connectivity index (χ2v) is 4.13. The van der Waals surface area contributed by atoms with Crippen molar-refractivity contribution in [1.29, 1.82) is 0 Å². The molecule has 0 spiro atoms. The monoisotopic (exact) mass is 270 g/mol. The van der Waals surface area contributed by atoms with Crippen molar-refractivity contribution in [2.45, 2.75) is 0 Å². The molecule has 3 aromatic rings. The van der Waals surface area contributed by atoms with Crippen molar-refractivity contribution >= 4 is 22.9 Å². The number of nitrogens with one attached hydrogen (secondary N) is 2. The lowest BCUT2D eigenvalue weighted by molar-refractivity contribution is -0.378. The number of carbonyl (C=O) groups excluding carboxylic acids is 1. The lowest BCUT2D eigenvalue weighted by atomic mass is 10.1. The van der Waals surface area contributed by atoms with E-state index in [1.54, 1.807) is 24.3 Å². The number of nitrogens with two attached hydrogens (primary N) is 1. The molecule has 0 atom stereocenters. The van der Waals surface area contributed by atoms with E-state index in [9.17, 15) is 4.79 Å². The van der Waals surface area contributed by atoms with Crippen LogP contribution < -0.4 is 15.5 Å². The number of hydrogen-bond acceptors (Lipinski definition) is 5. The lowest BCUT2D eigenvalue weighted by Gasteiger charge is -2.03. The number of Topliss-reactive ketones (excluding diaryl/α,β-unsaturated/α-hetero) is 1. The van der Waals surface area contributed by atoms with Crippen molar-refractivity contribution in [3.63, 3.8) is 0 Å². The van der Waals surface area contributed by atoms with Crippen LogP contribution in [-0.2, 0) is 0 Å². The Morgan fingerprint density at radius 3 is 2.95 bits per heavy atom. The number of H-pyrrole nitrogens is 2. The van der Waals surface area contributed by atoms with Crippen molar-refractivity contribution < 1.29 is 14.5 Å². The maximum Gasteiger partial charge on any atom is 0.392 e. The number of ketones is 1. The van der Waals surface area contributed by atoms with E-state index in [0.29, 0.717) is 22.6 Å².